The number of piperidine rings is 1. The van der Waals surface area contributed by atoms with E-state index in [4.69, 9.17) is 4.74 Å². The Morgan fingerprint density at radius 3 is 2.60 bits per heavy atom. The number of hydrogen-bond donors (Lipinski definition) is 2. The summed E-state index contributed by atoms with van der Waals surface area (Å²) in [5, 5.41) is 6.73. The fraction of sp³-hybridized carbons (Fsp3) is 0.889. The average Bonchev–Trinajstić information content (AvgIpc) is 2.53. The van der Waals surface area contributed by atoms with Crippen LogP contribution in [0.2, 0.25) is 0 Å². The number of likely N-dealkylation sites (tertiary alicyclic amines) is 1. The Morgan fingerprint density at radius 2 is 2.00 bits per heavy atom. The summed E-state index contributed by atoms with van der Waals surface area (Å²) < 4.78 is 5.48. The molecule has 0 bridgehead atoms. The molecule has 1 atom stereocenters. The molecule has 0 aromatic rings. The highest BCUT2D eigenvalue weighted by Gasteiger charge is 2.27. The van der Waals surface area contributed by atoms with Gasteiger partial charge in [-0.2, -0.15) is 0 Å². The van der Waals surface area contributed by atoms with Gasteiger partial charge in [0.15, 0.2) is 5.96 Å². The van der Waals surface area contributed by atoms with Crippen molar-refractivity contribution >= 4 is 36.0 Å². The first-order chi connectivity index (χ1) is 11.4. The van der Waals surface area contributed by atoms with Crippen molar-refractivity contribution in [3.05, 3.63) is 0 Å². The Labute approximate surface area is 170 Å². The SMILES string of the molecule is CCCCCNC(=NC)NCC1CCCN(C(=O)OC(C)(C)C)C1.I. The molecule has 1 aliphatic heterocycles. The van der Waals surface area contributed by atoms with Crippen molar-refractivity contribution < 1.29 is 9.53 Å². The number of carbonyl (C=O) groups is 1. The second-order valence-corrected chi connectivity index (χ2v) is 7.52. The van der Waals surface area contributed by atoms with Crippen LogP contribution in [-0.4, -0.2) is 55.8 Å². The van der Waals surface area contributed by atoms with E-state index in [1.165, 1.54) is 12.8 Å². The zero-order chi connectivity index (χ0) is 18.0. The van der Waals surface area contributed by atoms with Crippen LogP contribution in [0.4, 0.5) is 4.79 Å². The third-order valence-corrected chi connectivity index (χ3v) is 4.03. The monoisotopic (exact) mass is 468 g/mol. The van der Waals surface area contributed by atoms with Gasteiger partial charge in [0.1, 0.15) is 5.60 Å². The molecule has 148 valence electrons. The largest absolute Gasteiger partial charge is 0.444 e. The van der Waals surface area contributed by atoms with Crippen molar-refractivity contribution in [3.8, 4) is 0 Å². The molecule has 1 heterocycles. The molecule has 0 aliphatic carbocycles. The molecule has 1 fully saturated rings. The van der Waals surface area contributed by atoms with Gasteiger partial charge in [0.05, 0.1) is 0 Å². The lowest BCUT2D eigenvalue weighted by Crippen LogP contribution is -2.47. The molecule has 0 radical (unpaired) electrons. The Morgan fingerprint density at radius 1 is 1.28 bits per heavy atom. The number of guanidine groups is 1. The van der Waals surface area contributed by atoms with Crippen molar-refractivity contribution in [1.82, 2.24) is 15.5 Å². The highest BCUT2D eigenvalue weighted by atomic mass is 127. The van der Waals surface area contributed by atoms with E-state index in [2.05, 4.69) is 22.5 Å². The van der Waals surface area contributed by atoms with Crippen molar-refractivity contribution in [3.63, 3.8) is 0 Å². The number of unbranched alkanes of at least 4 members (excludes halogenated alkanes) is 2. The van der Waals surface area contributed by atoms with Crippen molar-refractivity contribution in [2.75, 3.05) is 33.2 Å². The number of ether oxygens (including phenoxy) is 1. The van der Waals surface area contributed by atoms with Gasteiger partial charge in [0.2, 0.25) is 0 Å². The summed E-state index contributed by atoms with van der Waals surface area (Å²) in [5.74, 6) is 1.28. The van der Waals surface area contributed by atoms with Gasteiger partial charge in [-0.25, -0.2) is 4.79 Å². The average molecular weight is 468 g/mol. The van der Waals surface area contributed by atoms with Gasteiger partial charge >= 0.3 is 6.09 Å². The van der Waals surface area contributed by atoms with Crippen molar-refractivity contribution in [2.24, 2.45) is 10.9 Å². The molecule has 25 heavy (non-hydrogen) atoms. The molecule has 6 nitrogen and oxygen atoms in total. The van der Waals surface area contributed by atoms with E-state index >= 15 is 0 Å². The summed E-state index contributed by atoms with van der Waals surface area (Å²) >= 11 is 0. The van der Waals surface area contributed by atoms with E-state index in [0.29, 0.717) is 5.92 Å². The van der Waals surface area contributed by atoms with Gasteiger partial charge in [0.25, 0.3) is 0 Å². The minimum Gasteiger partial charge on any atom is -0.444 e. The van der Waals surface area contributed by atoms with E-state index in [-0.39, 0.29) is 30.1 Å². The zero-order valence-corrected chi connectivity index (χ0v) is 18.9. The van der Waals surface area contributed by atoms with Gasteiger partial charge < -0.3 is 20.3 Å². The number of nitrogens with zero attached hydrogens (tertiary/aromatic N) is 2. The standard InChI is InChI=1S/C18H36N4O2.HI/c1-6-7-8-11-20-16(19-5)21-13-15-10-9-12-22(14-15)17(23)24-18(2,3)4;/h15H,6-14H2,1-5H3,(H2,19,20,21);1H. The summed E-state index contributed by atoms with van der Waals surface area (Å²) in [4.78, 5) is 18.3. The quantitative estimate of drug-likeness (QED) is 0.271. The van der Waals surface area contributed by atoms with Gasteiger partial charge in [-0.15, -0.1) is 24.0 Å². The summed E-state index contributed by atoms with van der Waals surface area (Å²) in [6.45, 7) is 11.2. The first kappa shape index (κ1) is 24.3. The minimum absolute atomic E-state index is 0. The Balaban J connectivity index is 0.00000576. The summed E-state index contributed by atoms with van der Waals surface area (Å²) in [7, 11) is 1.79. The summed E-state index contributed by atoms with van der Waals surface area (Å²) in [6.07, 6.45) is 5.56. The van der Waals surface area contributed by atoms with Gasteiger partial charge in [-0.3, -0.25) is 4.99 Å². The van der Waals surface area contributed by atoms with E-state index in [1.807, 2.05) is 25.7 Å². The topological polar surface area (TPSA) is 66.0 Å². The third kappa shape index (κ3) is 10.8. The molecular formula is C18H37IN4O2. The summed E-state index contributed by atoms with van der Waals surface area (Å²) in [6, 6.07) is 0. The molecule has 1 saturated heterocycles. The molecular weight excluding hydrogens is 431 g/mol. The fourth-order valence-corrected chi connectivity index (χ4v) is 2.77. The first-order valence-electron chi connectivity index (χ1n) is 9.28. The zero-order valence-electron chi connectivity index (χ0n) is 16.6. The lowest BCUT2D eigenvalue weighted by atomic mass is 9.98. The van der Waals surface area contributed by atoms with Crippen LogP contribution >= 0.6 is 24.0 Å². The van der Waals surface area contributed by atoms with Crippen molar-refractivity contribution in [1.29, 1.82) is 0 Å². The summed E-state index contributed by atoms with van der Waals surface area (Å²) in [5.41, 5.74) is -0.438. The maximum Gasteiger partial charge on any atom is 0.410 e. The third-order valence-electron chi connectivity index (χ3n) is 4.03. The number of rotatable bonds is 6. The highest BCUT2D eigenvalue weighted by molar-refractivity contribution is 14.0. The smallest absolute Gasteiger partial charge is 0.410 e. The van der Waals surface area contributed by atoms with Crippen LogP contribution in [0.1, 0.15) is 59.8 Å². The highest BCUT2D eigenvalue weighted by Crippen LogP contribution is 2.18. The van der Waals surface area contributed by atoms with E-state index in [0.717, 1.165) is 51.4 Å². The molecule has 7 heteroatoms. The molecule has 0 aromatic heterocycles. The van der Waals surface area contributed by atoms with Crippen LogP contribution in [0, 0.1) is 5.92 Å². The maximum atomic E-state index is 12.2. The molecule has 0 spiro atoms. The van der Waals surface area contributed by atoms with Crippen LogP contribution in [0.25, 0.3) is 0 Å². The number of aliphatic imine (C=N–C) groups is 1. The number of hydrogen-bond acceptors (Lipinski definition) is 3. The molecule has 1 rings (SSSR count). The molecule has 0 aromatic carbocycles. The molecule has 0 saturated carbocycles. The Kier molecular flexibility index (Phi) is 12.2. The Bertz CT molecular complexity index is 410. The van der Waals surface area contributed by atoms with Crippen LogP contribution in [0.15, 0.2) is 4.99 Å². The number of carbonyl (C=O) groups excluding carboxylic acids is 1. The normalized spacial score (nSPS) is 18.4. The molecule has 1 amide bonds. The van der Waals surface area contributed by atoms with Crippen LogP contribution in [-0.2, 0) is 4.74 Å². The van der Waals surface area contributed by atoms with Gasteiger partial charge in [0, 0.05) is 33.2 Å². The van der Waals surface area contributed by atoms with Crippen LogP contribution in [0.5, 0.6) is 0 Å². The first-order valence-corrected chi connectivity index (χ1v) is 9.28. The predicted octanol–water partition coefficient (Wildman–Crippen LogP) is 3.61. The predicted molar refractivity (Wildman–Crippen MR) is 115 cm³/mol. The van der Waals surface area contributed by atoms with E-state index in [9.17, 15) is 4.79 Å². The maximum absolute atomic E-state index is 12.2. The molecule has 2 N–H and O–H groups in total. The van der Waals surface area contributed by atoms with Gasteiger partial charge in [-0.1, -0.05) is 19.8 Å². The second-order valence-electron chi connectivity index (χ2n) is 7.52. The second kappa shape index (κ2) is 12.6. The van der Waals surface area contributed by atoms with Crippen LogP contribution < -0.4 is 10.6 Å². The van der Waals surface area contributed by atoms with Gasteiger partial charge in [-0.05, 0) is 46.0 Å². The van der Waals surface area contributed by atoms with Crippen molar-refractivity contribution in [2.45, 2.75) is 65.4 Å². The lowest BCUT2D eigenvalue weighted by molar-refractivity contribution is 0.0168. The number of amides is 1. The number of halogens is 1. The molecule has 1 unspecified atom stereocenters. The van der Waals surface area contributed by atoms with Crippen LogP contribution in [0.3, 0.4) is 0 Å². The van der Waals surface area contributed by atoms with E-state index < -0.39 is 5.60 Å². The number of nitrogens with one attached hydrogen (secondary N) is 2. The minimum atomic E-state index is -0.438. The Hall–Kier alpha value is -0.730. The molecule has 1 aliphatic rings. The lowest BCUT2D eigenvalue weighted by Gasteiger charge is -2.34. The van der Waals surface area contributed by atoms with E-state index in [1.54, 1.807) is 7.05 Å². The fourth-order valence-electron chi connectivity index (χ4n) is 2.77.